The van der Waals surface area contributed by atoms with Gasteiger partial charge in [0, 0.05) is 0 Å². The lowest BCUT2D eigenvalue weighted by Gasteiger charge is -2.39. The predicted molar refractivity (Wildman–Crippen MR) is 92.6 cm³/mol. The van der Waals surface area contributed by atoms with E-state index in [-0.39, 0.29) is 11.5 Å². The first-order valence-corrected chi connectivity index (χ1v) is 8.86. The normalized spacial score (nSPS) is 37.8. The number of allylic oxidation sites excluding steroid dienone is 3. The first kappa shape index (κ1) is 17.7. The Labute approximate surface area is 136 Å². The lowest BCUT2D eigenvalue weighted by atomic mass is 9.68. The van der Waals surface area contributed by atoms with E-state index in [1.807, 2.05) is 13.8 Å². The summed E-state index contributed by atoms with van der Waals surface area (Å²) < 4.78 is 0. The fourth-order valence-electron chi connectivity index (χ4n) is 4.69. The molecule has 0 bridgehead atoms. The van der Waals surface area contributed by atoms with Crippen molar-refractivity contribution in [2.24, 2.45) is 17.3 Å². The molecule has 0 heterocycles. The highest BCUT2D eigenvalue weighted by molar-refractivity contribution is 5.14. The summed E-state index contributed by atoms with van der Waals surface area (Å²) in [4.78, 5) is 0. The minimum absolute atomic E-state index is 0.166. The Balaban J connectivity index is 2.14. The summed E-state index contributed by atoms with van der Waals surface area (Å²) in [5.41, 5.74) is 1.99. The van der Waals surface area contributed by atoms with Crippen LogP contribution in [0.1, 0.15) is 73.1 Å². The van der Waals surface area contributed by atoms with Gasteiger partial charge in [0.15, 0.2) is 0 Å². The first-order valence-electron chi connectivity index (χ1n) is 8.86. The Bertz CT molecular complexity index is 456. The monoisotopic (exact) mass is 306 g/mol. The van der Waals surface area contributed by atoms with Crippen molar-refractivity contribution in [2.45, 2.75) is 84.8 Å². The largest absolute Gasteiger partial charge is 0.390 e. The Morgan fingerprint density at radius 2 is 2.14 bits per heavy atom. The van der Waals surface area contributed by atoms with Gasteiger partial charge < -0.3 is 10.2 Å². The van der Waals surface area contributed by atoms with Crippen LogP contribution in [0.3, 0.4) is 0 Å². The SMILES string of the molecule is CC(C)=CCCC(C)(O)[C@H]1CC[C@@]2(C)C[C@@H](O)C(C)=CC[C@H]12. The van der Waals surface area contributed by atoms with Crippen LogP contribution in [0, 0.1) is 17.3 Å². The van der Waals surface area contributed by atoms with Gasteiger partial charge in [-0.25, -0.2) is 0 Å². The molecule has 2 N–H and O–H groups in total. The molecular weight excluding hydrogens is 272 g/mol. The van der Waals surface area contributed by atoms with Gasteiger partial charge in [0.1, 0.15) is 0 Å². The van der Waals surface area contributed by atoms with Crippen LogP contribution in [0.15, 0.2) is 23.3 Å². The molecule has 0 aliphatic heterocycles. The Hall–Kier alpha value is -0.600. The molecule has 1 fully saturated rings. The fraction of sp³-hybridized carbons (Fsp3) is 0.800. The molecular formula is C20H34O2. The lowest BCUT2D eigenvalue weighted by molar-refractivity contribution is -0.0379. The molecule has 1 saturated carbocycles. The van der Waals surface area contributed by atoms with Gasteiger partial charge >= 0.3 is 0 Å². The molecule has 1 unspecified atom stereocenters. The van der Waals surface area contributed by atoms with Crippen molar-refractivity contribution >= 4 is 0 Å². The number of hydrogen-bond donors (Lipinski definition) is 2. The molecule has 2 rings (SSSR count). The smallest absolute Gasteiger partial charge is 0.0752 e. The molecule has 2 aliphatic carbocycles. The van der Waals surface area contributed by atoms with E-state index in [9.17, 15) is 10.2 Å². The molecule has 126 valence electrons. The first-order chi connectivity index (χ1) is 10.2. The summed E-state index contributed by atoms with van der Waals surface area (Å²) in [6.07, 6.45) is 9.98. The lowest BCUT2D eigenvalue weighted by Crippen LogP contribution is -2.40. The summed E-state index contributed by atoms with van der Waals surface area (Å²) >= 11 is 0. The highest BCUT2D eigenvalue weighted by atomic mass is 16.3. The zero-order chi connectivity index (χ0) is 16.5. The van der Waals surface area contributed by atoms with E-state index in [1.54, 1.807) is 0 Å². The summed E-state index contributed by atoms with van der Waals surface area (Å²) in [5.74, 6) is 0.832. The van der Waals surface area contributed by atoms with Crippen molar-refractivity contribution in [3.05, 3.63) is 23.3 Å². The zero-order valence-electron chi connectivity index (χ0n) is 15.0. The van der Waals surface area contributed by atoms with Gasteiger partial charge in [-0.05, 0) is 89.0 Å². The van der Waals surface area contributed by atoms with Crippen LogP contribution in [0.4, 0.5) is 0 Å². The minimum atomic E-state index is -0.606. The standard InChI is InChI=1S/C20H34O2/c1-14(2)7-6-11-20(5,22)17-10-12-19(4)13-18(21)15(3)8-9-16(17)19/h7-8,16-18,21-22H,6,9-13H2,1-5H3/t16-,17+,18-,19+,20?/m1/s1. The minimum Gasteiger partial charge on any atom is -0.390 e. The van der Waals surface area contributed by atoms with Crippen LogP contribution in [-0.2, 0) is 0 Å². The molecule has 0 aromatic rings. The summed E-state index contributed by atoms with van der Waals surface area (Å²) in [6, 6.07) is 0. The van der Waals surface area contributed by atoms with Gasteiger partial charge in [-0.3, -0.25) is 0 Å². The molecule has 2 nitrogen and oxygen atoms in total. The summed E-state index contributed by atoms with van der Waals surface area (Å²) in [5, 5.41) is 21.4. The van der Waals surface area contributed by atoms with Crippen LogP contribution in [-0.4, -0.2) is 21.9 Å². The summed E-state index contributed by atoms with van der Waals surface area (Å²) in [6.45, 7) is 10.6. The van der Waals surface area contributed by atoms with Crippen molar-refractivity contribution in [1.82, 2.24) is 0 Å². The Morgan fingerprint density at radius 3 is 2.77 bits per heavy atom. The van der Waals surface area contributed by atoms with E-state index in [0.717, 1.165) is 44.1 Å². The van der Waals surface area contributed by atoms with Gasteiger partial charge in [0.25, 0.3) is 0 Å². The van der Waals surface area contributed by atoms with Crippen LogP contribution in [0.2, 0.25) is 0 Å². The molecule has 22 heavy (non-hydrogen) atoms. The van der Waals surface area contributed by atoms with Gasteiger partial charge in [-0.15, -0.1) is 0 Å². The van der Waals surface area contributed by atoms with Gasteiger partial charge in [-0.2, -0.15) is 0 Å². The molecule has 0 amide bonds. The number of fused-ring (bicyclic) bond motifs is 1. The average Bonchev–Trinajstić information content (AvgIpc) is 2.67. The quantitative estimate of drug-likeness (QED) is 0.744. The van der Waals surface area contributed by atoms with Crippen LogP contribution < -0.4 is 0 Å². The van der Waals surface area contributed by atoms with E-state index in [4.69, 9.17) is 0 Å². The van der Waals surface area contributed by atoms with E-state index >= 15 is 0 Å². The highest BCUT2D eigenvalue weighted by Gasteiger charge is 2.51. The molecule has 2 heteroatoms. The molecule has 0 saturated heterocycles. The predicted octanol–water partition coefficient (Wildman–Crippen LogP) is 4.62. The third kappa shape index (κ3) is 3.65. The van der Waals surface area contributed by atoms with Crippen LogP contribution >= 0.6 is 0 Å². The molecule has 2 aliphatic rings. The maximum atomic E-state index is 11.1. The van der Waals surface area contributed by atoms with Crippen molar-refractivity contribution in [1.29, 1.82) is 0 Å². The second kappa shape index (κ2) is 6.49. The highest BCUT2D eigenvalue weighted by Crippen LogP contribution is 2.56. The molecule has 0 aromatic heterocycles. The zero-order valence-corrected chi connectivity index (χ0v) is 15.0. The molecule has 0 spiro atoms. The van der Waals surface area contributed by atoms with Gasteiger partial charge in [0.2, 0.25) is 0 Å². The van der Waals surface area contributed by atoms with E-state index in [1.165, 1.54) is 5.57 Å². The van der Waals surface area contributed by atoms with Gasteiger partial charge in [0.05, 0.1) is 11.7 Å². The Morgan fingerprint density at radius 1 is 1.45 bits per heavy atom. The van der Waals surface area contributed by atoms with Crippen molar-refractivity contribution in [3.8, 4) is 0 Å². The topological polar surface area (TPSA) is 40.5 Å². The number of hydrogen-bond acceptors (Lipinski definition) is 2. The fourth-order valence-corrected chi connectivity index (χ4v) is 4.69. The van der Waals surface area contributed by atoms with Crippen molar-refractivity contribution < 1.29 is 10.2 Å². The maximum absolute atomic E-state index is 11.1. The van der Waals surface area contributed by atoms with Crippen LogP contribution in [0.5, 0.6) is 0 Å². The average molecular weight is 306 g/mol. The Kier molecular flexibility index (Phi) is 5.23. The number of aliphatic hydroxyl groups is 2. The maximum Gasteiger partial charge on any atom is 0.0752 e. The number of rotatable bonds is 4. The molecule has 5 atom stereocenters. The third-order valence-electron chi connectivity index (χ3n) is 6.29. The van der Waals surface area contributed by atoms with E-state index in [0.29, 0.717) is 11.8 Å². The van der Waals surface area contributed by atoms with Crippen LogP contribution in [0.25, 0.3) is 0 Å². The van der Waals surface area contributed by atoms with E-state index in [2.05, 4.69) is 32.9 Å². The molecule has 0 radical (unpaired) electrons. The summed E-state index contributed by atoms with van der Waals surface area (Å²) in [7, 11) is 0. The van der Waals surface area contributed by atoms with Crippen molar-refractivity contribution in [3.63, 3.8) is 0 Å². The van der Waals surface area contributed by atoms with Gasteiger partial charge in [-0.1, -0.05) is 24.6 Å². The second-order valence-electron chi connectivity index (χ2n) is 8.49. The third-order valence-corrected chi connectivity index (χ3v) is 6.29. The molecule has 0 aromatic carbocycles. The van der Waals surface area contributed by atoms with Crippen molar-refractivity contribution in [2.75, 3.05) is 0 Å². The number of aliphatic hydroxyl groups excluding tert-OH is 1. The second-order valence-corrected chi connectivity index (χ2v) is 8.49. The van der Waals surface area contributed by atoms with E-state index < -0.39 is 5.60 Å².